The van der Waals surface area contributed by atoms with E-state index >= 15 is 0 Å². The molecule has 0 aliphatic heterocycles. The Morgan fingerprint density at radius 2 is 1.76 bits per heavy atom. The lowest BCUT2D eigenvalue weighted by atomic mass is 10.2. The van der Waals surface area contributed by atoms with Crippen LogP contribution in [0.1, 0.15) is 11.3 Å². The van der Waals surface area contributed by atoms with E-state index in [-0.39, 0.29) is 15.9 Å². The van der Waals surface area contributed by atoms with Crippen molar-refractivity contribution in [2.75, 3.05) is 0 Å². The Balaban J connectivity index is 2.31. The Labute approximate surface area is 121 Å². The number of hydrogen-bond donors (Lipinski definition) is 0. The van der Waals surface area contributed by atoms with Crippen molar-refractivity contribution >= 4 is 21.1 Å². The van der Waals surface area contributed by atoms with Gasteiger partial charge in [-0.05, 0) is 38.1 Å². The normalized spacial score (nSPS) is 12.0. The second-order valence-electron chi connectivity index (χ2n) is 4.90. The number of fused-ring (bicyclic) bond motifs is 1. The highest BCUT2D eigenvalue weighted by molar-refractivity contribution is 7.90. The van der Waals surface area contributed by atoms with Crippen LogP contribution in [0, 0.1) is 19.7 Å². The SMILES string of the molecule is Cc1ccc(S(=O)(=O)n2c(C)cc3c(F)ccnc32)cc1. The van der Waals surface area contributed by atoms with Crippen LogP contribution in [0.2, 0.25) is 0 Å². The highest BCUT2D eigenvalue weighted by atomic mass is 32.2. The summed E-state index contributed by atoms with van der Waals surface area (Å²) in [4.78, 5) is 4.17. The van der Waals surface area contributed by atoms with Crippen molar-refractivity contribution in [2.24, 2.45) is 0 Å². The zero-order valence-electron chi connectivity index (χ0n) is 11.5. The largest absolute Gasteiger partial charge is 0.269 e. The van der Waals surface area contributed by atoms with Gasteiger partial charge in [0, 0.05) is 11.9 Å². The molecule has 1 aromatic carbocycles. The van der Waals surface area contributed by atoms with Gasteiger partial charge >= 0.3 is 0 Å². The van der Waals surface area contributed by atoms with Crippen molar-refractivity contribution in [3.05, 3.63) is 59.7 Å². The van der Waals surface area contributed by atoms with E-state index in [4.69, 9.17) is 0 Å². The molecule has 0 aliphatic carbocycles. The number of benzene rings is 1. The maximum absolute atomic E-state index is 13.8. The highest BCUT2D eigenvalue weighted by Gasteiger charge is 2.23. The number of pyridine rings is 1. The highest BCUT2D eigenvalue weighted by Crippen LogP contribution is 2.25. The fraction of sp³-hybridized carbons (Fsp3) is 0.133. The molecule has 3 aromatic rings. The van der Waals surface area contributed by atoms with Crippen molar-refractivity contribution in [2.45, 2.75) is 18.7 Å². The van der Waals surface area contributed by atoms with Gasteiger partial charge in [-0.2, -0.15) is 0 Å². The standard InChI is InChI=1S/C15H13FN2O2S/c1-10-3-5-12(6-4-10)21(19,20)18-11(2)9-13-14(16)7-8-17-15(13)18/h3-9H,1-2H3. The smallest absolute Gasteiger partial charge is 0.237 e. The predicted molar refractivity (Wildman–Crippen MR) is 78.2 cm³/mol. The summed E-state index contributed by atoms with van der Waals surface area (Å²) in [7, 11) is -3.80. The summed E-state index contributed by atoms with van der Waals surface area (Å²) in [6, 6.07) is 9.22. The summed E-state index contributed by atoms with van der Waals surface area (Å²) in [5.41, 5.74) is 1.49. The van der Waals surface area contributed by atoms with E-state index in [1.807, 2.05) is 6.92 Å². The van der Waals surface area contributed by atoms with Gasteiger partial charge < -0.3 is 0 Å². The van der Waals surface area contributed by atoms with E-state index in [0.29, 0.717) is 5.69 Å². The minimum Gasteiger partial charge on any atom is -0.237 e. The number of halogens is 1. The molecule has 0 unspecified atom stereocenters. The molecule has 0 amide bonds. The molecule has 0 N–H and O–H groups in total. The van der Waals surface area contributed by atoms with Gasteiger partial charge in [-0.1, -0.05) is 17.7 Å². The van der Waals surface area contributed by atoms with Crippen LogP contribution in [-0.4, -0.2) is 17.4 Å². The van der Waals surface area contributed by atoms with E-state index in [2.05, 4.69) is 4.98 Å². The van der Waals surface area contributed by atoms with Crippen molar-refractivity contribution in [3.63, 3.8) is 0 Å². The molecule has 0 saturated heterocycles. The minimum absolute atomic E-state index is 0.105. The number of rotatable bonds is 2. The van der Waals surface area contributed by atoms with Crippen LogP contribution in [0.25, 0.3) is 11.0 Å². The monoisotopic (exact) mass is 304 g/mol. The molecular formula is C15H13FN2O2S. The second kappa shape index (κ2) is 4.66. The van der Waals surface area contributed by atoms with Crippen LogP contribution < -0.4 is 0 Å². The Bertz CT molecular complexity index is 928. The summed E-state index contributed by atoms with van der Waals surface area (Å²) < 4.78 is 40.4. The molecule has 0 atom stereocenters. The third kappa shape index (κ3) is 2.12. The molecule has 0 saturated carbocycles. The van der Waals surface area contributed by atoms with Gasteiger partial charge in [0.1, 0.15) is 5.82 Å². The van der Waals surface area contributed by atoms with Gasteiger partial charge in [0.2, 0.25) is 0 Å². The van der Waals surface area contributed by atoms with Crippen molar-refractivity contribution < 1.29 is 12.8 Å². The molecule has 3 rings (SSSR count). The third-order valence-corrected chi connectivity index (χ3v) is 5.15. The first-order valence-corrected chi connectivity index (χ1v) is 7.80. The molecule has 4 nitrogen and oxygen atoms in total. The summed E-state index contributed by atoms with van der Waals surface area (Å²) >= 11 is 0. The predicted octanol–water partition coefficient (Wildman–Crippen LogP) is 3.03. The van der Waals surface area contributed by atoms with Crippen LogP contribution in [0.3, 0.4) is 0 Å². The number of aromatic nitrogens is 2. The molecule has 0 radical (unpaired) electrons. The van der Waals surface area contributed by atoms with Gasteiger partial charge in [-0.25, -0.2) is 21.8 Å². The Morgan fingerprint density at radius 1 is 1.10 bits per heavy atom. The topological polar surface area (TPSA) is 52.0 Å². The summed E-state index contributed by atoms with van der Waals surface area (Å²) in [6.07, 6.45) is 1.26. The van der Waals surface area contributed by atoms with Gasteiger partial charge in [0.05, 0.1) is 10.3 Å². The van der Waals surface area contributed by atoms with E-state index in [9.17, 15) is 12.8 Å². The average molecular weight is 304 g/mol. The molecule has 6 heteroatoms. The maximum Gasteiger partial charge on any atom is 0.269 e. The first kappa shape index (κ1) is 13.8. The molecular weight excluding hydrogens is 291 g/mol. The summed E-state index contributed by atoms with van der Waals surface area (Å²) in [5, 5.41) is 0.200. The van der Waals surface area contributed by atoms with Crippen LogP contribution in [0.15, 0.2) is 47.5 Å². The Hall–Kier alpha value is -2.21. The van der Waals surface area contributed by atoms with Crippen LogP contribution in [0.5, 0.6) is 0 Å². The average Bonchev–Trinajstić information content (AvgIpc) is 2.77. The van der Waals surface area contributed by atoms with Crippen LogP contribution in [0.4, 0.5) is 4.39 Å². The number of aryl methyl sites for hydroxylation is 2. The van der Waals surface area contributed by atoms with Gasteiger partial charge in [0.25, 0.3) is 10.0 Å². The Kier molecular flexibility index (Phi) is 3.06. The maximum atomic E-state index is 13.8. The molecule has 2 aromatic heterocycles. The van der Waals surface area contributed by atoms with Gasteiger partial charge in [0.15, 0.2) is 5.65 Å². The second-order valence-corrected chi connectivity index (χ2v) is 6.68. The first-order valence-electron chi connectivity index (χ1n) is 6.36. The van der Waals surface area contributed by atoms with Crippen LogP contribution >= 0.6 is 0 Å². The summed E-state index contributed by atoms with van der Waals surface area (Å²) in [6.45, 7) is 3.50. The molecule has 108 valence electrons. The number of nitrogens with zero attached hydrogens (tertiary/aromatic N) is 2. The Morgan fingerprint density at radius 3 is 2.43 bits per heavy atom. The first-order chi connectivity index (χ1) is 9.91. The zero-order chi connectivity index (χ0) is 15.2. The van der Waals surface area contributed by atoms with Crippen molar-refractivity contribution in [1.29, 1.82) is 0 Å². The molecule has 0 aliphatic rings. The fourth-order valence-corrected chi connectivity index (χ4v) is 3.78. The van der Waals surface area contributed by atoms with Crippen LogP contribution in [-0.2, 0) is 10.0 Å². The van der Waals surface area contributed by atoms with E-state index in [1.54, 1.807) is 19.1 Å². The molecule has 21 heavy (non-hydrogen) atoms. The van der Waals surface area contributed by atoms with Gasteiger partial charge in [-0.15, -0.1) is 0 Å². The zero-order valence-corrected chi connectivity index (χ0v) is 12.4. The van der Waals surface area contributed by atoms with E-state index in [0.717, 1.165) is 9.54 Å². The van der Waals surface area contributed by atoms with Gasteiger partial charge in [-0.3, -0.25) is 0 Å². The minimum atomic E-state index is -3.80. The molecule has 2 heterocycles. The number of hydrogen-bond acceptors (Lipinski definition) is 3. The molecule has 0 spiro atoms. The molecule has 0 fully saturated rings. The van der Waals surface area contributed by atoms with Crippen molar-refractivity contribution in [3.8, 4) is 0 Å². The lowest BCUT2D eigenvalue weighted by molar-refractivity contribution is 0.587. The molecule has 0 bridgehead atoms. The lowest BCUT2D eigenvalue weighted by Crippen LogP contribution is -2.14. The third-order valence-electron chi connectivity index (χ3n) is 3.34. The van der Waals surface area contributed by atoms with Crippen molar-refractivity contribution in [1.82, 2.24) is 8.96 Å². The summed E-state index contributed by atoms with van der Waals surface area (Å²) in [5.74, 6) is -0.485. The van der Waals surface area contributed by atoms with E-state index < -0.39 is 15.8 Å². The lowest BCUT2D eigenvalue weighted by Gasteiger charge is -2.09. The fourth-order valence-electron chi connectivity index (χ4n) is 2.29. The quantitative estimate of drug-likeness (QED) is 0.731. The van der Waals surface area contributed by atoms with E-state index in [1.165, 1.54) is 30.5 Å².